The molecule has 1 heteroatoms. The molecule has 0 unspecified atom stereocenters. The van der Waals surface area contributed by atoms with E-state index in [4.69, 9.17) is 1.37 Å². The number of rotatable bonds is 2. The number of hydrogen-bond acceptors (Lipinski definition) is 0. The third-order valence-corrected chi connectivity index (χ3v) is 1.93. The first kappa shape index (κ1) is 7.10. The van der Waals surface area contributed by atoms with Crippen LogP contribution in [-0.4, -0.2) is 0 Å². The van der Waals surface area contributed by atoms with E-state index in [2.05, 4.69) is 29.2 Å². The van der Waals surface area contributed by atoms with Gasteiger partial charge in [-0.05, 0) is 40.3 Å². The summed E-state index contributed by atoms with van der Waals surface area (Å²) in [6.45, 7) is 3.55. The van der Waals surface area contributed by atoms with Crippen LogP contribution in [0.4, 0.5) is 0 Å². The average Bonchev–Trinajstić information content (AvgIpc) is 2.06. The summed E-state index contributed by atoms with van der Waals surface area (Å²) in [5, 5.41) is 0. The van der Waals surface area contributed by atoms with Gasteiger partial charge in [0.2, 0.25) is 0 Å². The van der Waals surface area contributed by atoms with Crippen molar-refractivity contribution in [2.45, 2.75) is 0 Å². The Balaban J connectivity index is 2.97. The molecule has 0 fully saturated rings. The van der Waals surface area contributed by atoms with Crippen molar-refractivity contribution in [2.75, 3.05) is 0 Å². The van der Waals surface area contributed by atoms with Gasteiger partial charge in [0.25, 0.3) is 0 Å². The topological polar surface area (TPSA) is 0 Å². The Morgan fingerprint density at radius 3 is 2.55 bits per heavy atom. The van der Waals surface area contributed by atoms with Crippen LogP contribution in [0.25, 0.3) is 6.05 Å². The van der Waals surface area contributed by atoms with E-state index in [1.54, 1.807) is 12.2 Å². The molecule has 0 amide bonds. The molecule has 1 aromatic rings. The fraction of sp³-hybridized carbons (Fsp3) is 0. The Kier molecular flexibility index (Phi) is 2.80. The van der Waals surface area contributed by atoms with Gasteiger partial charge in [-0.25, -0.2) is 0 Å². The fourth-order valence-corrected chi connectivity index (χ4v) is 1.06. The van der Waals surface area contributed by atoms with Crippen molar-refractivity contribution in [3.8, 4) is 0 Å². The van der Waals surface area contributed by atoms with E-state index in [1.807, 2.05) is 24.3 Å². The fourth-order valence-electron chi connectivity index (χ4n) is 0.701. The number of hydrogen-bond donors (Lipinski definition) is 0. The van der Waals surface area contributed by atoms with Gasteiger partial charge >= 0.3 is 0 Å². The predicted octanol–water partition coefficient (Wildman–Crippen LogP) is 3.49. The summed E-state index contributed by atoms with van der Waals surface area (Å²) < 4.78 is 8.75. The quantitative estimate of drug-likeness (QED) is 0.562. The van der Waals surface area contributed by atoms with Crippen LogP contribution in [0, 0.1) is 3.57 Å². The molecule has 56 valence electrons. The van der Waals surface area contributed by atoms with Crippen molar-refractivity contribution >= 4 is 28.6 Å². The lowest BCUT2D eigenvalue weighted by atomic mass is 10.2. The van der Waals surface area contributed by atoms with Crippen molar-refractivity contribution in [1.29, 1.82) is 0 Å². The Morgan fingerprint density at radius 2 is 2.00 bits per heavy atom. The van der Waals surface area contributed by atoms with Gasteiger partial charge in [-0.15, -0.1) is 0 Å². The maximum absolute atomic E-state index is 7.57. The minimum absolute atomic E-state index is 0.501. The summed E-state index contributed by atoms with van der Waals surface area (Å²) in [5.41, 5.74) is 0.926. The standard InChI is InChI=1S/C10H9I/c1-2-3-4-9-5-7-10(11)8-6-9/h2-8H,1H2/b4-3+/i4D. The van der Waals surface area contributed by atoms with E-state index in [-0.39, 0.29) is 0 Å². The summed E-state index contributed by atoms with van der Waals surface area (Å²) in [6.07, 6.45) is 3.31. The Hall–Kier alpha value is -0.570. The molecule has 0 bridgehead atoms. The summed E-state index contributed by atoms with van der Waals surface area (Å²) in [6, 6.07) is 8.35. The first-order valence-electron chi connectivity index (χ1n) is 3.79. The van der Waals surface area contributed by atoms with E-state index in [1.165, 1.54) is 3.57 Å². The van der Waals surface area contributed by atoms with Crippen molar-refractivity contribution < 1.29 is 1.37 Å². The molecule has 1 rings (SSSR count). The van der Waals surface area contributed by atoms with Crippen molar-refractivity contribution in [3.63, 3.8) is 0 Å². The molecule has 0 aliphatic heterocycles. The normalized spacial score (nSPS) is 12.5. The lowest BCUT2D eigenvalue weighted by molar-refractivity contribution is 1.61. The zero-order chi connectivity index (χ0) is 8.97. The summed E-state index contributed by atoms with van der Waals surface area (Å²) in [5.74, 6) is 0. The van der Waals surface area contributed by atoms with Crippen LogP contribution in [0.1, 0.15) is 6.93 Å². The molecular weight excluding hydrogens is 247 g/mol. The van der Waals surface area contributed by atoms with Crippen LogP contribution >= 0.6 is 22.6 Å². The van der Waals surface area contributed by atoms with Gasteiger partial charge in [0.05, 0.1) is 1.37 Å². The summed E-state index contributed by atoms with van der Waals surface area (Å²) >= 11 is 2.24. The highest BCUT2D eigenvalue weighted by atomic mass is 127. The smallest absolute Gasteiger partial charge is 0.0629 e. The summed E-state index contributed by atoms with van der Waals surface area (Å²) in [7, 11) is 0. The van der Waals surface area contributed by atoms with Crippen LogP contribution in [0.5, 0.6) is 0 Å². The molecule has 0 radical (unpaired) electrons. The van der Waals surface area contributed by atoms with Gasteiger partial charge in [-0.2, -0.15) is 0 Å². The van der Waals surface area contributed by atoms with Crippen molar-refractivity contribution in [3.05, 3.63) is 52.1 Å². The van der Waals surface area contributed by atoms with E-state index < -0.39 is 0 Å². The van der Waals surface area contributed by atoms with E-state index in [0.29, 0.717) is 6.05 Å². The molecule has 0 saturated heterocycles. The monoisotopic (exact) mass is 257 g/mol. The molecule has 0 spiro atoms. The molecule has 0 atom stereocenters. The van der Waals surface area contributed by atoms with Crippen LogP contribution in [-0.2, 0) is 0 Å². The summed E-state index contributed by atoms with van der Waals surface area (Å²) in [4.78, 5) is 0. The molecule has 0 N–H and O–H groups in total. The lowest BCUT2D eigenvalue weighted by Gasteiger charge is -1.91. The van der Waals surface area contributed by atoms with Gasteiger partial charge in [-0.1, -0.05) is 36.9 Å². The molecule has 0 aliphatic carbocycles. The molecule has 11 heavy (non-hydrogen) atoms. The molecule has 0 aromatic heterocycles. The van der Waals surface area contributed by atoms with E-state index in [9.17, 15) is 0 Å². The van der Waals surface area contributed by atoms with E-state index in [0.717, 1.165) is 5.56 Å². The maximum Gasteiger partial charge on any atom is 0.0629 e. The zero-order valence-electron chi connectivity index (χ0n) is 7.05. The van der Waals surface area contributed by atoms with Crippen molar-refractivity contribution in [1.82, 2.24) is 0 Å². The third kappa shape index (κ3) is 2.89. The second kappa shape index (κ2) is 4.34. The Labute approximate surface area is 82.2 Å². The second-order valence-electron chi connectivity index (χ2n) is 2.05. The highest BCUT2D eigenvalue weighted by Gasteiger charge is 1.84. The molecule has 0 heterocycles. The van der Waals surface area contributed by atoms with Gasteiger partial charge in [-0.3, -0.25) is 0 Å². The minimum Gasteiger partial charge on any atom is -0.0991 e. The van der Waals surface area contributed by atoms with Crippen LogP contribution in [0.2, 0.25) is 0 Å². The Morgan fingerprint density at radius 1 is 1.36 bits per heavy atom. The number of halogens is 1. The van der Waals surface area contributed by atoms with Crippen LogP contribution < -0.4 is 0 Å². The minimum atomic E-state index is 0.501. The number of benzene rings is 1. The second-order valence-corrected chi connectivity index (χ2v) is 3.30. The maximum atomic E-state index is 7.57. The highest BCUT2D eigenvalue weighted by Crippen LogP contribution is 2.07. The zero-order valence-corrected chi connectivity index (χ0v) is 8.21. The molecule has 0 nitrogen and oxygen atoms in total. The lowest BCUT2D eigenvalue weighted by Crippen LogP contribution is -1.71. The molecule has 0 aliphatic rings. The molecular formula is C10H9I. The van der Waals surface area contributed by atoms with E-state index >= 15 is 0 Å². The first-order valence-corrected chi connectivity index (χ1v) is 4.37. The third-order valence-electron chi connectivity index (χ3n) is 1.21. The predicted molar refractivity (Wildman–Crippen MR) is 58.4 cm³/mol. The van der Waals surface area contributed by atoms with Crippen molar-refractivity contribution in [2.24, 2.45) is 0 Å². The van der Waals surface area contributed by atoms with Gasteiger partial charge in [0.1, 0.15) is 0 Å². The van der Waals surface area contributed by atoms with Gasteiger partial charge in [0, 0.05) is 3.57 Å². The molecule has 1 aromatic carbocycles. The highest BCUT2D eigenvalue weighted by molar-refractivity contribution is 14.1. The van der Waals surface area contributed by atoms with Gasteiger partial charge < -0.3 is 0 Å². The molecule has 0 saturated carbocycles. The van der Waals surface area contributed by atoms with Gasteiger partial charge in [0.15, 0.2) is 0 Å². The van der Waals surface area contributed by atoms with Crippen LogP contribution in [0.15, 0.2) is 43.0 Å². The SMILES string of the molecule is [2H]/C(=C\C=C)c1ccc(I)cc1. The first-order chi connectivity index (χ1) is 5.74. The largest absolute Gasteiger partial charge is 0.0991 e. The number of allylic oxidation sites excluding steroid dienone is 2. The average molecular weight is 257 g/mol. The Bertz CT molecular complexity index is 298. The van der Waals surface area contributed by atoms with Crippen LogP contribution in [0.3, 0.4) is 0 Å².